The smallest absolute Gasteiger partial charge is 0.300 e. The van der Waals surface area contributed by atoms with E-state index in [2.05, 4.69) is 15.9 Å². The molecule has 5 nitrogen and oxygen atoms in total. The summed E-state index contributed by atoms with van der Waals surface area (Å²) < 4.78 is 6.36. The maximum Gasteiger partial charge on any atom is 0.300 e. The molecule has 6 heteroatoms. The van der Waals surface area contributed by atoms with E-state index in [0.29, 0.717) is 29.2 Å². The van der Waals surface area contributed by atoms with Crippen LogP contribution < -0.4 is 9.64 Å². The van der Waals surface area contributed by atoms with Crippen LogP contribution in [0.3, 0.4) is 0 Å². The van der Waals surface area contributed by atoms with Crippen molar-refractivity contribution < 1.29 is 19.4 Å². The Kier molecular flexibility index (Phi) is 6.15. The van der Waals surface area contributed by atoms with Gasteiger partial charge in [-0.3, -0.25) is 14.5 Å². The lowest BCUT2D eigenvalue weighted by molar-refractivity contribution is -0.132. The normalized spacial score (nSPS) is 17.6. The molecule has 3 aromatic carbocycles. The van der Waals surface area contributed by atoms with E-state index in [1.165, 1.54) is 4.90 Å². The van der Waals surface area contributed by atoms with Crippen LogP contribution >= 0.6 is 15.9 Å². The summed E-state index contributed by atoms with van der Waals surface area (Å²) >= 11 is 3.51. The highest BCUT2D eigenvalue weighted by atomic mass is 79.9. The lowest BCUT2D eigenvalue weighted by Crippen LogP contribution is -2.29. The second-order valence-electron chi connectivity index (χ2n) is 7.47. The third kappa shape index (κ3) is 3.94. The summed E-state index contributed by atoms with van der Waals surface area (Å²) in [5.74, 6) is -0.912. The van der Waals surface area contributed by atoms with Crippen LogP contribution in [0.25, 0.3) is 5.76 Å². The largest absolute Gasteiger partial charge is 0.507 e. The Balaban J connectivity index is 1.91. The van der Waals surface area contributed by atoms with E-state index in [1.807, 2.05) is 44.2 Å². The number of carbonyl (C=O) groups is 2. The molecule has 1 heterocycles. The van der Waals surface area contributed by atoms with Crippen molar-refractivity contribution >= 4 is 39.1 Å². The molecule has 0 aromatic heterocycles. The van der Waals surface area contributed by atoms with Gasteiger partial charge >= 0.3 is 0 Å². The standard InChI is InChI=1S/C26H22BrNO4/c1-3-32-20-13-10-17(11-14-20)23-22(24(29)18-7-5-4-6-8-18)25(30)26(31)28(23)19-12-9-16(2)21(27)15-19/h4-15,23,29H,3H2,1-2H3/b24-22+. The number of hydrogen-bond donors (Lipinski definition) is 1. The Hall–Kier alpha value is -3.38. The van der Waals surface area contributed by atoms with Crippen LogP contribution in [-0.2, 0) is 9.59 Å². The number of ether oxygens (including phenoxy) is 1. The number of nitrogens with zero attached hydrogens (tertiary/aromatic N) is 1. The van der Waals surface area contributed by atoms with Gasteiger partial charge in [-0.2, -0.15) is 0 Å². The molecule has 3 aromatic rings. The third-order valence-corrected chi connectivity index (χ3v) is 6.29. The van der Waals surface area contributed by atoms with Gasteiger partial charge in [0.25, 0.3) is 11.7 Å². The van der Waals surface area contributed by atoms with Crippen molar-refractivity contribution in [3.05, 3.63) is 99.5 Å². The van der Waals surface area contributed by atoms with Gasteiger partial charge in [0.15, 0.2) is 0 Å². The molecule has 1 saturated heterocycles. The molecule has 0 radical (unpaired) electrons. The van der Waals surface area contributed by atoms with E-state index < -0.39 is 17.7 Å². The number of amides is 1. The molecule has 32 heavy (non-hydrogen) atoms. The van der Waals surface area contributed by atoms with Gasteiger partial charge in [-0.1, -0.05) is 64.5 Å². The summed E-state index contributed by atoms with van der Waals surface area (Å²) in [6.45, 7) is 4.38. The summed E-state index contributed by atoms with van der Waals surface area (Å²) in [7, 11) is 0. The fourth-order valence-electron chi connectivity index (χ4n) is 3.81. The van der Waals surface area contributed by atoms with Gasteiger partial charge in [0.2, 0.25) is 0 Å². The summed E-state index contributed by atoms with van der Waals surface area (Å²) in [6, 6.07) is 20.7. The average Bonchev–Trinajstić information content (AvgIpc) is 3.07. The number of aliphatic hydroxyl groups is 1. The number of halogens is 1. The maximum absolute atomic E-state index is 13.2. The summed E-state index contributed by atoms with van der Waals surface area (Å²) in [6.07, 6.45) is 0. The Bertz CT molecular complexity index is 1200. The average molecular weight is 492 g/mol. The van der Waals surface area contributed by atoms with Crippen LogP contribution in [0, 0.1) is 6.92 Å². The highest BCUT2D eigenvalue weighted by Gasteiger charge is 2.47. The summed E-state index contributed by atoms with van der Waals surface area (Å²) in [4.78, 5) is 27.8. The quantitative estimate of drug-likeness (QED) is 0.279. The van der Waals surface area contributed by atoms with E-state index in [4.69, 9.17) is 4.74 Å². The van der Waals surface area contributed by atoms with Crippen LogP contribution in [0.1, 0.15) is 29.7 Å². The van der Waals surface area contributed by atoms with Gasteiger partial charge in [0, 0.05) is 15.7 Å². The van der Waals surface area contributed by atoms with Crippen LogP contribution in [0.5, 0.6) is 5.75 Å². The minimum absolute atomic E-state index is 0.0575. The first-order valence-corrected chi connectivity index (χ1v) is 11.1. The SMILES string of the molecule is CCOc1ccc(C2/C(=C(\O)c3ccccc3)C(=O)C(=O)N2c2ccc(C)c(Br)c2)cc1. The third-order valence-electron chi connectivity index (χ3n) is 5.43. The molecule has 4 rings (SSSR count). The Morgan fingerprint density at radius 1 is 1.03 bits per heavy atom. The number of benzene rings is 3. The van der Waals surface area contributed by atoms with Crippen LogP contribution in [0.2, 0.25) is 0 Å². The summed E-state index contributed by atoms with van der Waals surface area (Å²) in [5, 5.41) is 11.1. The van der Waals surface area contributed by atoms with E-state index >= 15 is 0 Å². The maximum atomic E-state index is 13.2. The Morgan fingerprint density at radius 3 is 2.34 bits per heavy atom. The second-order valence-corrected chi connectivity index (χ2v) is 8.32. The van der Waals surface area contributed by atoms with Crippen LogP contribution in [0.4, 0.5) is 5.69 Å². The predicted octanol–water partition coefficient (Wildman–Crippen LogP) is 5.78. The molecule has 0 aliphatic carbocycles. The molecule has 1 N–H and O–H groups in total. The Labute approximate surface area is 195 Å². The van der Waals surface area contributed by atoms with E-state index in [9.17, 15) is 14.7 Å². The first kappa shape index (κ1) is 21.8. The van der Waals surface area contributed by atoms with Crippen molar-refractivity contribution in [2.75, 3.05) is 11.5 Å². The minimum Gasteiger partial charge on any atom is -0.507 e. The zero-order valence-electron chi connectivity index (χ0n) is 17.7. The Morgan fingerprint density at radius 2 is 1.72 bits per heavy atom. The molecule has 162 valence electrons. The summed E-state index contributed by atoms with van der Waals surface area (Å²) in [5.41, 5.74) is 2.80. The van der Waals surface area contributed by atoms with Gasteiger partial charge < -0.3 is 9.84 Å². The lowest BCUT2D eigenvalue weighted by atomic mass is 9.95. The van der Waals surface area contributed by atoms with Gasteiger partial charge in [-0.05, 0) is 49.2 Å². The van der Waals surface area contributed by atoms with Crippen molar-refractivity contribution in [2.45, 2.75) is 19.9 Å². The molecule has 1 atom stereocenters. The fraction of sp³-hybridized carbons (Fsp3) is 0.154. The van der Waals surface area contributed by atoms with Gasteiger partial charge in [0.05, 0.1) is 18.2 Å². The van der Waals surface area contributed by atoms with Gasteiger partial charge in [-0.25, -0.2) is 0 Å². The molecule has 1 amide bonds. The number of aliphatic hydroxyl groups excluding tert-OH is 1. The molecule has 0 spiro atoms. The molecular formula is C26H22BrNO4. The number of hydrogen-bond acceptors (Lipinski definition) is 4. The van der Waals surface area contributed by atoms with Gasteiger partial charge in [0.1, 0.15) is 11.5 Å². The van der Waals surface area contributed by atoms with Crippen molar-refractivity contribution in [3.8, 4) is 5.75 Å². The molecule has 0 bridgehead atoms. The molecular weight excluding hydrogens is 470 g/mol. The molecule has 1 fully saturated rings. The number of rotatable bonds is 5. The number of anilines is 1. The monoisotopic (exact) mass is 491 g/mol. The number of carbonyl (C=O) groups excluding carboxylic acids is 2. The van der Waals surface area contributed by atoms with E-state index in [0.717, 1.165) is 10.0 Å². The van der Waals surface area contributed by atoms with Gasteiger partial charge in [-0.15, -0.1) is 0 Å². The van der Waals surface area contributed by atoms with Crippen molar-refractivity contribution in [3.63, 3.8) is 0 Å². The van der Waals surface area contributed by atoms with Crippen LogP contribution in [0.15, 0.2) is 82.8 Å². The van der Waals surface area contributed by atoms with Crippen molar-refractivity contribution in [2.24, 2.45) is 0 Å². The fourth-order valence-corrected chi connectivity index (χ4v) is 4.18. The lowest BCUT2D eigenvalue weighted by Gasteiger charge is -2.26. The van der Waals surface area contributed by atoms with Crippen LogP contribution in [-0.4, -0.2) is 23.4 Å². The number of Topliss-reactive ketones (excluding diaryl/α,β-unsaturated/α-hetero) is 1. The topological polar surface area (TPSA) is 66.8 Å². The van der Waals surface area contributed by atoms with Crippen molar-refractivity contribution in [1.29, 1.82) is 0 Å². The zero-order valence-corrected chi connectivity index (χ0v) is 19.3. The van der Waals surface area contributed by atoms with E-state index in [1.54, 1.807) is 42.5 Å². The predicted molar refractivity (Wildman–Crippen MR) is 128 cm³/mol. The zero-order chi connectivity index (χ0) is 22.8. The second kappa shape index (κ2) is 9.01. The molecule has 1 aliphatic rings. The molecule has 1 aliphatic heterocycles. The highest BCUT2D eigenvalue weighted by molar-refractivity contribution is 9.10. The molecule has 0 saturated carbocycles. The highest BCUT2D eigenvalue weighted by Crippen LogP contribution is 2.43. The van der Waals surface area contributed by atoms with Crippen molar-refractivity contribution in [1.82, 2.24) is 0 Å². The minimum atomic E-state index is -0.777. The van der Waals surface area contributed by atoms with E-state index in [-0.39, 0.29) is 11.3 Å². The number of ketones is 1. The first-order chi connectivity index (χ1) is 15.4. The molecule has 1 unspecified atom stereocenters. The first-order valence-electron chi connectivity index (χ1n) is 10.3. The number of aryl methyl sites for hydroxylation is 1.